The molecule has 1 amide bonds. The molecule has 6 heteroatoms. The number of fused-ring (bicyclic) bond motifs is 2. The third kappa shape index (κ3) is 4.40. The number of halogens is 1. The van der Waals surface area contributed by atoms with E-state index >= 15 is 0 Å². The molecule has 3 aromatic carbocycles. The summed E-state index contributed by atoms with van der Waals surface area (Å²) in [4.78, 5) is 15.9. The van der Waals surface area contributed by atoms with Gasteiger partial charge in [-0.3, -0.25) is 4.79 Å². The fraction of sp³-hybridized carbons (Fsp3) is 0.226. The Kier molecular flexibility index (Phi) is 7.02. The van der Waals surface area contributed by atoms with Crippen LogP contribution in [0.25, 0.3) is 11.1 Å². The molecule has 0 saturated carbocycles. The van der Waals surface area contributed by atoms with Gasteiger partial charge in [0.05, 0.1) is 25.8 Å². The minimum Gasteiger partial charge on any atom is -1.00 e. The van der Waals surface area contributed by atoms with Crippen molar-refractivity contribution in [1.82, 2.24) is 4.90 Å². The van der Waals surface area contributed by atoms with Crippen molar-refractivity contribution in [3.8, 4) is 22.6 Å². The molecule has 5 nitrogen and oxygen atoms in total. The molecule has 4 aromatic rings. The fourth-order valence-corrected chi connectivity index (χ4v) is 5.74. The maximum atomic E-state index is 13.8. The molecular formula is C31H29BrN2O3. The smallest absolute Gasteiger partial charge is 0.254 e. The zero-order valence-electron chi connectivity index (χ0n) is 21.0. The van der Waals surface area contributed by atoms with Gasteiger partial charge in [0.1, 0.15) is 0 Å². The van der Waals surface area contributed by atoms with Crippen LogP contribution in [0.5, 0.6) is 11.5 Å². The number of nitrogens with zero attached hydrogens (tertiary/aromatic N) is 2. The van der Waals surface area contributed by atoms with E-state index in [0.717, 1.165) is 42.0 Å². The summed E-state index contributed by atoms with van der Waals surface area (Å²) in [6.07, 6.45) is 5.56. The van der Waals surface area contributed by atoms with Crippen molar-refractivity contribution >= 4 is 5.91 Å². The third-order valence-corrected chi connectivity index (χ3v) is 7.43. The van der Waals surface area contributed by atoms with Crippen molar-refractivity contribution in [3.05, 3.63) is 113 Å². The van der Waals surface area contributed by atoms with Gasteiger partial charge in [0.15, 0.2) is 30.4 Å². The van der Waals surface area contributed by atoms with Crippen LogP contribution in [0.3, 0.4) is 0 Å². The largest absolute Gasteiger partial charge is 1.00 e. The molecule has 0 spiro atoms. The van der Waals surface area contributed by atoms with E-state index in [0.29, 0.717) is 12.1 Å². The first-order chi connectivity index (χ1) is 17.7. The highest BCUT2D eigenvalue weighted by molar-refractivity contribution is 5.95. The normalized spacial score (nSPS) is 15.2. The Morgan fingerprint density at radius 2 is 1.68 bits per heavy atom. The van der Waals surface area contributed by atoms with Gasteiger partial charge in [-0.25, -0.2) is 4.57 Å². The Labute approximate surface area is 228 Å². The van der Waals surface area contributed by atoms with E-state index in [9.17, 15) is 4.79 Å². The predicted molar refractivity (Wildman–Crippen MR) is 138 cm³/mol. The molecule has 1 aliphatic carbocycles. The van der Waals surface area contributed by atoms with Crippen LogP contribution in [-0.4, -0.2) is 31.6 Å². The number of pyridine rings is 1. The van der Waals surface area contributed by atoms with Gasteiger partial charge in [0.2, 0.25) is 0 Å². The van der Waals surface area contributed by atoms with E-state index in [4.69, 9.17) is 9.47 Å². The van der Waals surface area contributed by atoms with Gasteiger partial charge in [-0.05, 0) is 41.2 Å². The molecule has 2 heterocycles. The Balaban J connectivity index is 0.00000280. The van der Waals surface area contributed by atoms with Crippen molar-refractivity contribution < 1.29 is 35.8 Å². The van der Waals surface area contributed by atoms with Crippen LogP contribution in [0, 0.1) is 0 Å². The SMILES string of the molecule is COc1cc2c3c(c1OC)-c1ccccc1C[C@@H]3N(C(=O)c1cc[n+](Cc3ccccc3)cc1)CC2.[Br-]. The number of hydrogen-bond acceptors (Lipinski definition) is 3. The molecular weight excluding hydrogens is 528 g/mol. The number of amides is 1. The first kappa shape index (κ1) is 25.0. The minimum absolute atomic E-state index is 0. The lowest BCUT2D eigenvalue weighted by atomic mass is 9.76. The molecule has 1 aliphatic heterocycles. The minimum atomic E-state index is -0.0393. The van der Waals surface area contributed by atoms with Crippen LogP contribution in [0.1, 0.15) is 38.7 Å². The zero-order chi connectivity index (χ0) is 24.6. The first-order valence-corrected chi connectivity index (χ1v) is 12.4. The molecule has 6 rings (SSSR count). The number of rotatable bonds is 5. The highest BCUT2D eigenvalue weighted by atomic mass is 79.9. The monoisotopic (exact) mass is 556 g/mol. The van der Waals surface area contributed by atoms with E-state index in [1.165, 1.54) is 22.3 Å². The lowest BCUT2D eigenvalue weighted by Crippen LogP contribution is -3.00. The third-order valence-electron chi connectivity index (χ3n) is 7.43. The zero-order valence-corrected chi connectivity index (χ0v) is 22.6. The van der Waals surface area contributed by atoms with Gasteiger partial charge < -0.3 is 31.4 Å². The summed E-state index contributed by atoms with van der Waals surface area (Å²) in [5.41, 5.74) is 7.82. The van der Waals surface area contributed by atoms with Crippen molar-refractivity contribution in [2.24, 2.45) is 0 Å². The summed E-state index contributed by atoms with van der Waals surface area (Å²) < 4.78 is 13.7. The van der Waals surface area contributed by atoms with Crippen molar-refractivity contribution in [3.63, 3.8) is 0 Å². The van der Waals surface area contributed by atoms with E-state index in [-0.39, 0.29) is 28.9 Å². The van der Waals surface area contributed by atoms with Gasteiger partial charge in [0, 0.05) is 29.8 Å². The molecule has 37 heavy (non-hydrogen) atoms. The summed E-state index contributed by atoms with van der Waals surface area (Å²) in [6.45, 7) is 1.45. The maximum Gasteiger partial charge on any atom is 0.254 e. The second-order valence-electron chi connectivity index (χ2n) is 9.43. The van der Waals surface area contributed by atoms with Crippen LogP contribution >= 0.6 is 0 Å². The number of carbonyl (C=O) groups is 1. The molecule has 1 atom stereocenters. The summed E-state index contributed by atoms with van der Waals surface area (Å²) >= 11 is 0. The van der Waals surface area contributed by atoms with E-state index in [1.54, 1.807) is 14.2 Å². The first-order valence-electron chi connectivity index (χ1n) is 12.4. The predicted octanol–water partition coefficient (Wildman–Crippen LogP) is 2.01. The van der Waals surface area contributed by atoms with E-state index < -0.39 is 0 Å². The van der Waals surface area contributed by atoms with Crippen molar-refractivity contribution in [2.75, 3.05) is 20.8 Å². The summed E-state index contributed by atoms with van der Waals surface area (Å²) in [5, 5.41) is 0. The number of benzene rings is 3. The van der Waals surface area contributed by atoms with Crippen LogP contribution in [0.4, 0.5) is 0 Å². The van der Waals surface area contributed by atoms with E-state index in [1.807, 2.05) is 47.6 Å². The average Bonchev–Trinajstić information content (AvgIpc) is 2.93. The molecule has 0 N–H and O–H groups in total. The Morgan fingerprint density at radius 3 is 2.41 bits per heavy atom. The molecule has 0 radical (unpaired) electrons. The standard InChI is InChI=1S/C31H29N2O3.BrH/c1-35-27-19-24-14-17-33(26-18-23-10-6-7-11-25(23)29(28(24)26)30(27)36-2)31(34)22-12-15-32(16-13-22)20-21-8-4-3-5-9-21;/h3-13,15-16,19,26H,14,17-18,20H2,1-2H3;1H/q+1;/p-1/t26-;/m0./s1. The van der Waals surface area contributed by atoms with Crippen LogP contribution in [0.2, 0.25) is 0 Å². The number of carbonyl (C=O) groups excluding carboxylic acids is 1. The highest BCUT2D eigenvalue weighted by Gasteiger charge is 2.39. The van der Waals surface area contributed by atoms with Gasteiger partial charge in [0.25, 0.3) is 5.91 Å². The second kappa shape index (κ2) is 10.4. The topological polar surface area (TPSA) is 42.7 Å². The maximum absolute atomic E-state index is 13.8. The summed E-state index contributed by atoms with van der Waals surface area (Å²) in [7, 11) is 3.37. The number of methoxy groups -OCH3 is 2. The Morgan fingerprint density at radius 1 is 0.946 bits per heavy atom. The lowest BCUT2D eigenvalue weighted by molar-refractivity contribution is -0.688. The van der Waals surface area contributed by atoms with Gasteiger partial charge in [-0.15, -0.1) is 0 Å². The van der Waals surface area contributed by atoms with Crippen LogP contribution < -0.4 is 31.0 Å². The van der Waals surface area contributed by atoms with Crippen LogP contribution in [0.15, 0.2) is 85.2 Å². The van der Waals surface area contributed by atoms with Crippen LogP contribution in [-0.2, 0) is 19.4 Å². The number of ether oxygens (including phenoxy) is 2. The van der Waals surface area contributed by atoms with Crippen molar-refractivity contribution in [2.45, 2.75) is 25.4 Å². The molecule has 1 aromatic heterocycles. The summed E-state index contributed by atoms with van der Waals surface area (Å²) in [6, 6.07) is 24.7. The lowest BCUT2D eigenvalue weighted by Gasteiger charge is -2.42. The van der Waals surface area contributed by atoms with Gasteiger partial charge >= 0.3 is 0 Å². The highest BCUT2D eigenvalue weighted by Crippen LogP contribution is 2.52. The molecule has 0 fully saturated rings. The average molecular weight is 557 g/mol. The summed E-state index contributed by atoms with van der Waals surface area (Å²) in [5.74, 6) is 1.55. The molecule has 188 valence electrons. The molecule has 0 unspecified atom stereocenters. The quantitative estimate of drug-likeness (QED) is 0.353. The molecule has 0 saturated heterocycles. The fourth-order valence-electron chi connectivity index (χ4n) is 5.74. The number of hydrogen-bond donors (Lipinski definition) is 0. The second-order valence-corrected chi connectivity index (χ2v) is 9.43. The van der Waals surface area contributed by atoms with Crippen molar-refractivity contribution in [1.29, 1.82) is 0 Å². The Bertz CT molecular complexity index is 1440. The van der Waals surface area contributed by atoms with Gasteiger partial charge in [-0.1, -0.05) is 54.6 Å². The Hall–Kier alpha value is -3.64. The molecule has 0 bridgehead atoms. The van der Waals surface area contributed by atoms with E-state index in [2.05, 4.69) is 47.0 Å². The number of aromatic nitrogens is 1. The van der Waals surface area contributed by atoms with Gasteiger partial charge in [-0.2, -0.15) is 0 Å². The molecule has 2 aliphatic rings.